The Bertz CT molecular complexity index is 1600. The molecule has 1 saturated heterocycles. The highest BCUT2D eigenvalue weighted by Crippen LogP contribution is 2.31. The Kier molecular flexibility index (Phi) is 13.6. The number of imidazole rings is 1. The second-order valence-corrected chi connectivity index (χ2v) is 13.5. The molecule has 0 bridgehead atoms. The Hall–Kier alpha value is -4.05. The van der Waals surface area contributed by atoms with Gasteiger partial charge in [-0.3, -0.25) is 4.79 Å². The van der Waals surface area contributed by atoms with Gasteiger partial charge >= 0.3 is 0 Å². The SMILES string of the molecule is CCCCOCCOc1ccc(-c2ccc(N3CCCCC3)c(C=CC(=O)Nc3ccc([S@@+]([O-])Cc4cncn4CCC)cc3)c2)cc1. The molecule has 254 valence electrons. The summed E-state index contributed by atoms with van der Waals surface area (Å²) in [5.74, 6) is 1.00. The molecule has 1 aromatic heterocycles. The summed E-state index contributed by atoms with van der Waals surface area (Å²) in [5, 5.41) is 2.96. The number of carbonyl (C=O) groups is 1. The standard InChI is InChI=1S/C39H48N4O4S/c1-3-5-24-46-25-26-47-36-15-9-31(10-16-36)32-11-19-38(42-22-7-6-8-23-42)33(27-32)12-20-39(44)41-34-13-17-37(18-14-34)48(45)29-35-28-40-30-43(35)21-4-2/h9-20,27-28,30H,3-8,21-26,29H2,1-2H3,(H,41,44)/t48-/m0/s1. The van der Waals surface area contributed by atoms with Crippen molar-refractivity contribution in [1.29, 1.82) is 0 Å². The van der Waals surface area contributed by atoms with E-state index < -0.39 is 11.2 Å². The number of rotatable bonds is 17. The topological polar surface area (TPSA) is 91.7 Å². The van der Waals surface area contributed by atoms with E-state index >= 15 is 0 Å². The van der Waals surface area contributed by atoms with Gasteiger partial charge in [-0.05, 0) is 115 Å². The van der Waals surface area contributed by atoms with Gasteiger partial charge in [0.05, 0.1) is 24.8 Å². The molecule has 3 aromatic carbocycles. The summed E-state index contributed by atoms with van der Waals surface area (Å²) in [6, 6.07) is 21.8. The fourth-order valence-corrected chi connectivity index (χ4v) is 6.88. The number of amides is 1. The minimum atomic E-state index is -1.21. The summed E-state index contributed by atoms with van der Waals surface area (Å²) in [6.07, 6.45) is 13.8. The molecule has 0 spiro atoms. The van der Waals surface area contributed by atoms with E-state index in [1.54, 1.807) is 30.7 Å². The lowest BCUT2D eigenvalue weighted by Crippen LogP contribution is -2.29. The van der Waals surface area contributed by atoms with Crippen LogP contribution in [0.3, 0.4) is 0 Å². The molecule has 1 fully saturated rings. The van der Waals surface area contributed by atoms with Gasteiger partial charge in [-0.2, -0.15) is 0 Å². The Morgan fingerprint density at radius 2 is 1.71 bits per heavy atom. The van der Waals surface area contributed by atoms with Crippen molar-refractivity contribution >= 4 is 34.5 Å². The van der Waals surface area contributed by atoms with Crippen molar-refractivity contribution in [3.05, 3.63) is 96.6 Å². The molecular formula is C39H48N4O4S. The van der Waals surface area contributed by atoms with Gasteiger partial charge in [0, 0.05) is 43.7 Å². The summed E-state index contributed by atoms with van der Waals surface area (Å²) in [5.41, 5.74) is 5.90. The van der Waals surface area contributed by atoms with E-state index in [0.717, 1.165) is 79.3 Å². The van der Waals surface area contributed by atoms with Gasteiger partial charge in [0.25, 0.3) is 0 Å². The molecule has 4 aromatic rings. The maximum Gasteiger partial charge on any atom is 0.248 e. The Balaban J connectivity index is 1.23. The lowest BCUT2D eigenvalue weighted by molar-refractivity contribution is -0.111. The number of anilines is 2. The van der Waals surface area contributed by atoms with E-state index in [-0.39, 0.29) is 5.91 Å². The number of ether oxygens (including phenoxy) is 2. The summed E-state index contributed by atoms with van der Waals surface area (Å²) in [4.78, 5) is 20.4. The number of nitrogens with zero attached hydrogens (tertiary/aromatic N) is 3. The van der Waals surface area contributed by atoms with Gasteiger partial charge in [-0.15, -0.1) is 0 Å². The van der Waals surface area contributed by atoms with Crippen molar-refractivity contribution in [2.45, 2.75) is 69.6 Å². The van der Waals surface area contributed by atoms with Gasteiger partial charge in [0.1, 0.15) is 12.4 Å². The normalized spacial score (nSPS) is 13.9. The van der Waals surface area contributed by atoms with Crippen LogP contribution in [0.4, 0.5) is 11.4 Å². The largest absolute Gasteiger partial charge is 0.611 e. The van der Waals surface area contributed by atoms with Crippen LogP contribution in [0.5, 0.6) is 5.75 Å². The maximum absolute atomic E-state index is 13.1. The lowest BCUT2D eigenvalue weighted by Gasteiger charge is -2.30. The molecule has 5 rings (SSSR count). The monoisotopic (exact) mass is 668 g/mol. The quantitative estimate of drug-likeness (QED) is 0.0695. The molecule has 0 radical (unpaired) electrons. The fraction of sp³-hybridized carbons (Fsp3) is 0.385. The van der Waals surface area contributed by atoms with Crippen molar-refractivity contribution in [3.8, 4) is 16.9 Å². The molecule has 1 aliphatic heterocycles. The van der Waals surface area contributed by atoms with Crippen molar-refractivity contribution in [2.24, 2.45) is 0 Å². The van der Waals surface area contributed by atoms with Crippen molar-refractivity contribution in [3.63, 3.8) is 0 Å². The summed E-state index contributed by atoms with van der Waals surface area (Å²) >= 11 is -1.21. The van der Waals surface area contributed by atoms with Crippen LogP contribution in [0.2, 0.25) is 0 Å². The number of piperidine rings is 1. The van der Waals surface area contributed by atoms with Gasteiger partial charge in [-0.25, -0.2) is 4.98 Å². The molecule has 1 atom stereocenters. The molecule has 0 unspecified atom stereocenters. The second kappa shape index (κ2) is 18.5. The molecule has 48 heavy (non-hydrogen) atoms. The number of nitrogens with one attached hydrogen (secondary N) is 1. The van der Waals surface area contributed by atoms with Crippen LogP contribution in [0.15, 0.2) is 90.2 Å². The molecule has 0 aliphatic carbocycles. The van der Waals surface area contributed by atoms with Crippen molar-refractivity contribution in [2.75, 3.05) is 43.1 Å². The molecule has 1 amide bonds. The summed E-state index contributed by atoms with van der Waals surface area (Å²) in [6.45, 7) is 9.02. The summed E-state index contributed by atoms with van der Waals surface area (Å²) in [7, 11) is 0. The van der Waals surface area contributed by atoms with Crippen LogP contribution in [0, 0.1) is 0 Å². The zero-order chi connectivity index (χ0) is 33.6. The van der Waals surface area contributed by atoms with Crippen LogP contribution in [0.1, 0.15) is 63.6 Å². The number of aromatic nitrogens is 2. The predicted molar refractivity (Wildman–Crippen MR) is 196 cm³/mol. The van der Waals surface area contributed by atoms with Gasteiger partial charge < -0.3 is 28.8 Å². The first-order valence-corrected chi connectivity index (χ1v) is 18.5. The highest BCUT2D eigenvalue weighted by atomic mass is 32.2. The Morgan fingerprint density at radius 1 is 0.938 bits per heavy atom. The molecule has 0 saturated carbocycles. The average molecular weight is 669 g/mol. The number of hydrogen-bond donors (Lipinski definition) is 1. The predicted octanol–water partition coefficient (Wildman–Crippen LogP) is 8.11. The molecular weight excluding hydrogens is 621 g/mol. The molecule has 2 heterocycles. The van der Waals surface area contributed by atoms with E-state index in [9.17, 15) is 9.35 Å². The average Bonchev–Trinajstić information content (AvgIpc) is 3.56. The van der Waals surface area contributed by atoms with Crippen molar-refractivity contribution < 1.29 is 18.8 Å². The summed E-state index contributed by atoms with van der Waals surface area (Å²) < 4.78 is 26.5. The van der Waals surface area contributed by atoms with E-state index in [4.69, 9.17) is 9.47 Å². The van der Waals surface area contributed by atoms with Crippen molar-refractivity contribution in [1.82, 2.24) is 9.55 Å². The smallest absolute Gasteiger partial charge is 0.248 e. The van der Waals surface area contributed by atoms with Crippen LogP contribution >= 0.6 is 0 Å². The zero-order valence-electron chi connectivity index (χ0n) is 28.2. The number of carbonyl (C=O) groups excluding carboxylic acids is 1. The minimum absolute atomic E-state index is 0.220. The van der Waals surface area contributed by atoms with Crippen LogP contribution in [-0.2, 0) is 33.0 Å². The van der Waals surface area contributed by atoms with E-state index in [2.05, 4.69) is 59.4 Å². The number of hydrogen-bond acceptors (Lipinski definition) is 6. The highest BCUT2D eigenvalue weighted by molar-refractivity contribution is 7.90. The molecule has 8 nitrogen and oxygen atoms in total. The third-order valence-electron chi connectivity index (χ3n) is 8.39. The van der Waals surface area contributed by atoms with E-state index in [1.807, 2.05) is 34.9 Å². The molecule has 1 N–H and O–H groups in total. The first-order valence-electron chi connectivity index (χ1n) is 17.2. The first-order chi connectivity index (χ1) is 23.5. The third kappa shape index (κ3) is 10.2. The van der Waals surface area contributed by atoms with Gasteiger partial charge in [-0.1, -0.05) is 38.5 Å². The zero-order valence-corrected chi connectivity index (χ0v) is 29.1. The number of benzene rings is 3. The lowest BCUT2D eigenvalue weighted by atomic mass is 9.99. The van der Waals surface area contributed by atoms with Crippen LogP contribution < -0.4 is 15.0 Å². The minimum Gasteiger partial charge on any atom is -0.611 e. The number of aryl methyl sites for hydroxylation is 1. The van der Waals surface area contributed by atoms with E-state index in [0.29, 0.717) is 29.5 Å². The van der Waals surface area contributed by atoms with E-state index in [1.165, 1.54) is 19.3 Å². The number of unbranched alkanes of at least 4 members (excludes halogenated alkanes) is 1. The molecule has 1 aliphatic rings. The highest BCUT2D eigenvalue weighted by Gasteiger charge is 2.17. The second-order valence-electron chi connectivity index (χ2n) is 12.1. The van der Waals surface area contributed by atoms with Gasteiger partial charge in [0.2, 0.25) is 5.91 Å². The van der Waals surface area contributed by atoms with Crippen LogP contribution in [-0.4, -0.2) is 52.9 Å². The Labute approximate surface area is 288 Å². The van der Waals surface area contributed by atoms with Gasteiger partial charge in [0.15, 0.2) is 10.6 Å². The Morgan fingerprint density at radius 3 is 2.46 bits per heavy atom. The third-order valence-corrected chi connectivity index (χ3v) is 9.75. The molecule has 9 heteroatoms. The fourth-order valence-electron chi connectivity index (χ4n) is 5.77. The maximum atomic E-state index is 13.1. The first kappa shape index (κ1) is 35.3. The van der Waals surface area contributed by atoms with Crippen LogP contribution in [0.25, 0.3) is 17.2 Å².